The molecule has 0 heterocycles. The number of rotatable bonds is 3. The molecule has 3 rings (SSSR count). The molecule has 0 heteroatoms. The predicted molar refractivity (Wildman–Crippen MR) is 96.4 cm³/mol. The normalized spacial score (nSPS) is 19.3. The molecule has 0 aromatic heterocycles. The summed E-state index contributed by atoms with van der Waals surface area (Å²) in [6.07, 6.45) is 4.54. The minimum absolute atomic E-state index is 0.184. The monoisotopic (exact) mass is 288 g/mol. The highest BCUT2D eigenvalue weighted by atomic mass is 14.6. The van der Waals surface area contributed by atoms with Crippen LogP contribution in [0.5, 0.6) is 0 Å². The lowest BCUT2D eigenvalue weighted by Crippen LogP contribution is -2.44. The smallest absolute Gasteiger partial charge is 0.000307 e. The van der Waals surface area contributed by atoms with Gasteiger partial charge in [-0.05, 0) is 33.1 Å². The summed E-state index contributed by atoms with van der Waals surface area (Å²) in [5.41, 5.74) is 5.90. The standard InChI is InChI=1S/C22H24/c1-21(2)19(16-15-17-11-7-5-8-12-17)20(22(21,3)4)18-13-9-6-10-14-18/h5-16H,1-4H3/b16-15+. The Morgan fingerprint density at radius 3 is 1.77 bits per heavy atom. The van der Waals surface area contributed by atoms with Crippen LogP contribution < -0.4 is 0 Å². The Labute approximate surface area is 134 Å². The summed E-state index contributed by atoms with van der Waals surface area (Å²) in [5.74, 6) is 0. The van der Waals surface area contributed by atoms with E-state index >= 15 is 0 Å². The summed E-state index contributed by atoms with van der Waals surface area (Å²) in [6.45, 7) is 9.42. The molecule has 112 valence electrons. The van der Waals surface area contributed by atoms with Crippen LogP contribution >= 0.6 is 0 Å². The van der Waals surface area contributed by atoms with Gasteiger partial charge in [-0.1, -0.05) is 101 Å². The van der Waals surface area contributed by atoms with Gasteiger partial charge in [-0.3, -0.25) is 0 Å². The molecule has 0 atom stereocenters. The first-order chi connectivity index (χ1) is 10.4. The average molecular weight is 288 g/mol. The van der Waals surface area contributed by atoms with Crippen molar-refractivity contribution in [3.63, 3.8) is 0 Å². The summed E-state index contributed by atoms with van der Waals surface area (Å²) in [4.78, 5) is 0. The molecule has 2 aromatic carbocycles. The van der Waals surface area contributed by atoms with Crippen molar-refractivity contribution in [3.8, 4) is 0 Å². The predicted octanol–water partition coefficient (Wildman–Crippen LogP) is 6.22. The molecular formula is C22H24. The van der Waals surface area contributed by atoms with Gasteiger partial charge in [0.25, 0.3) is 0 Å². The van der Waals surface area contributed by atoms with E-state index in [4.69, 9.17) is 0 Å². The van der Waals surface area contributed by atoms with Crippen LogP contribution in [0.25, 0.3) is 11.6 Å². The Morgan fingerprint density at radius 1 is 0.636 bits per heavy atom. The van der Waals surface area contributed by atoms with Gasteiger partial charge >= 0.3 is 0 Å². The van der Waals surface area contributed by atoms with Gasteiger partial charge in [-0.2, -0.15) is 0 Å². The van der Waals surface area contributed by atoms with Gasteiger partial charge in [0.15, 0.2) is 0 Å². The van der Waals surface area contributed by atoms with E-state index in [9.17, 15) is 0 Å². The Balaban J connectivity index is 2.07. The van der Waals surface area contributed by atoms with Crippen LogP contribution in [0.3, 0.4) is 0 Å². The van der Waals surface area contributed by atoms with Gasteiger partial charge in [0.05, 0.1) is 0 Å². The minimum Gasteiger partial charge on any atom is -0.0622 e. The van der Waals surface area contributed by atoms with Crippen LogP contribution in [0, 0.1) is 10.8 Å². The zero-order chi connectivity index (χ0) is 15.8. The van der Waals surface area contributed by atoms with E-state index in [1.54, 1.807) is 0 Å². The second kappa shape index (κ2) is 5.28. The third kappa shape index (κ3) is 2.23. The van der Waals surface area contributed by atoms with Gasteiger partial charge in [0.2, 0.25) is 0 Å². The molecule has 0 unspecified atom stereocenters. The summed E-state index contributed by atoms with van der Waals surface area (Å²) in [7, 11) is 0. The van der Waals surface area contributed by atoms with Gasteiger partial charge in [-0.15, -0.1) is 0 Å². The van der Waals surface area contributed by atoms with E-state index in [2.05, 4.69) is 101 Å². The van der Waals surface area contributed by atoms with E-state index in [1.807, 2.05) is 0 Å². The fourth-order valence-corrected chi connectivity index (χ4v) is 3.39. The molecule has 0 amide bonds. The van der Waals surface area contributed by atoms with Crippen LogP contribution in [-0.4, -0.2) is 0 Å². The lowest BCUT2D eigenvalue weighted by Gasteiger charge is -2.55. The molecule has 1 aliphatic carbocycles. The SMILES string of the molecule is CC1(C)C(/C=C/c2ccccc2)=C(c2ccccc2)C1(C)C. The van der Waals surface area contributed by atoms with Gasteiger partial charge < -0.3 is 0 Å². The van der Waals surface area contributed by atoms with Crippen molar-refractivity contribution in [2.24, 2.45) is 10.8 Å². The summed E-state index contributed by atoms with van der Waals surface area (Å²) in [5, 5.41) is 0. The zero-order valence-corrected chi connectivity index (χ0v) is 13.9. The van der Waals surface area contributed by atoms with Crippen LogP contribution in [0.15, 0.2) is 72.3 Å². The Morgan fingerprint density at radius 2 is 1.18 bits per heavy atom. The van der Waals surface area contributed by atoms with Crippen molar-refractivity contribution in [1.29, 1.82) is 0 Å². The molecular weight excluding hydrogens is 264 g/mol. The van der Waals surface area contributed by atoms with Crippen molar-refractivity contribution in [3.05, 3.63) is 83.4 Å². The molecule has 0 bridgehead atoms. The highest BCUT2D eigenvalue weighted by Crippen LogP contribution is 2.64. The van der Waals surface area contributed by atoms with Gasteiger partial charge in [-0.25, -0.2) is 0 Å². The third-order valence-corrected chi connectivity index (χ3v) is 5.43. The zero-order valence-electron chi connectivity index (χ0n) is 13.9. The van der Waals surface area contributed by atoms with Crippen molar-refractivity contribution in [1.82, 2.24) is 0 Å². The fourth-order valence-electron chi connectivity index (χ4n) is 3.39. The van der Waals surface area contributed by atoms with E-state index in [1.165, 1.54) is 22.3 Å². The average Bonchev–Trinajstić information content (AvgIpc) is 2.52. The largest absolute Gasteiger partial charge is 0.0622 e. The van der Waals surface area contributed by atoms with Crippen molar-refractivity contribution in [2.45, 2.75) is 27.7 Å². The minimum atomic E-state index is 0.184. The molecule has 1 aliphatic rings. The molecule has 2 aromatic rings. The van der Waals surface area contributed by atoms with E-state index in [0.717, 1.165) is 0 Å². The molecule has 0 nitrogen and oxygen atoms in total. The highest BCUT2D eigenvalue weighted by Gasteiger charge is 2.52. The molecule has 0 spiro atoms. The van der Waals surface area contributed by atoms with Gasteiger partial charge in [0, 0.05) is 0 Å². The Bertz CT molecular complexity index is 713. The lowest BCUT2D eigenvalue weighted by atomic mass is 9.48. The van der Waals surface area contributed by atoms with Crippen LogP contribution in [0.1, 0.15) is 38.8 Å². The summed E-state index contributed by atoms with van der Waals surface area (Å²) >= 11 is 0. The second-order valence-electron chi connectivity index (χ2n) is 7.15. The van der Waals surface area contributed by atoms with Crippen molar-refractivity contribution >= 4 is 11.6 Å². The number of allylic oxidation sites excluding steroid dienone is 3. The van der Waals surface area contributed by atoms with Crippen LogP contribution in [0.4, 0.5) is 0 Å². The van der Waals surface area contributed by atoms with Gasteiger partial charge in [0.1, 0.15) is 0 Å². The molecule has 0 N–H and O–H groups in total. The first kappa shape index (κ1) is 14.8. The topological polar surface area (TPSA) is 0 Å². The molecule has 0 aliphatic heterocycles. The number of hydrogen-bond acceptors (Lipinski definition) is 0. The first-order valence-corrected chi connectivity index (χ1v) is 7.98. The Kier molecular flexibility index (Phi) is 3.56. The molecule has 22 heavy (non-hydrogen) atoms. The molecule has 0 fully saturated rings. The molecule has 0 saturated heterocycles. The number of benzene rings is 2. The summed E-state index contributed by atoms with van der Waals surface area (Å²) in [6, 6.07) is 21.3. The van der Waals surface area contributed by atoms with Crippen LogP contribution in [-0.2, 0) is 0 Å². The highest BCUT2D eigenvalue weighted by molar-refractivity contribution is 5.84. The second-order valence-corrected chi connectivity index (χ2v) is 7.15. The van der Waals surface area contributed by atoms with Crippen molar-refractivity contribution < 1.29 is 0 Å². The van der Waals surface area contributed by atoms with E-state index in [-0.39, 0.29) is 10.8 Å². The van der Waals surface area contributed by atoms with Crippen LogP contribution in [0.2, 0.25) is 0 Å². The fraction of sp³-hybridized carbons (Fsp3) is 0.273. The third-order valence-electron chi connectivity index (χ3n) is 5.43. The maximum absolute atomic E-state index is 2.36. The molecule has 0 saturated carbocycles. The van der Waals surface area contributed by atoms with Crippen molar-refractivity contribution in [2.75, 3.05) is 0 Å². The molecule has 0 radical (unpaired) electrons. The Hall–Kier alpha value is -2.08. The first-order valence-electron chi connectivity index (χ1n) is 7.98. The quantitative estimate of drug-likeness (QED) is 0.629. The maximum Gasteiger partial charge on any atom is -0.000307 e. The summed E-state index contributed by atoms with van der Waals surface area (Å²) < 4.78 is 0. The number of hydrogen-bond donors (Lipinski definition) is 0. The maximum atomic E-state index is 2.36. The van der Waals surface area contributed by atoms with E-state index in [0.29, 0.717) is 0 Å². The van der Waals surface area contributed by atoms with E-state index < -0.39 is 0 Å². The lowest BCUT2D eigenvalue weighted by molar-refractivity contribution is 0.191.